The van der Waals surface area contributed by atoms with Gasteiger partial charge in [0, 0.05) is 29.7 Å². The van der Waals surface area contributed by atoms with Crippen LogP contribution in [0.4, 0.5) is 0 Å². The standard InChI is InChI=1S/C26H26N2O2/c1-18-8-12-20(13-9-18)26(23-16-27-24-7-5-4-6-22(23)24)28(3)25(29)17-30-21-14-10-19(2)11-15-21/h4-16,26-27H,17H2,1-3H3/t26-/m1/s1. The summed E-state index contributed by atoms with van der Waals surface area (Å²) in [5, 5.41) is 1.11. The summed E-state index contributed by atoms with van der Waals surface area (Å²) in [4.78, 5) is 18.2. The molecule has 3 aromatic carbocycles. The highest BCUT2D eigenvalue weighted by molar-refractivity contribution is 5.85. The molecule has 0 fully saturated rings. The Bertz CT molecular complexity index is 1140. The fraction of sp³-hybridized carbons (Fsp3) is 0.192. The van der Waals surface area contributed by atoms with E-state index in [2.05, 4.69) is 42.2 Å². The molecule has 0 aliphatic carbocycles. The Kier molecular flexibility index (Phi) is 5.57. The van der Waals surface area contributed by atoms with Crippen LogP contribution < -0.4 is 4.74 Å². The molecule has 4 heteroatoms. The van der Waals surface area contributed by atoms with Crippen molar-refractivity contribution in [1.82, 2.24) is 9.88 Å². The molecule has 1 aromatic heterocycles. The van der Waals surface area contributed by atoms with Gasteiger partial charge in [-0.3, -0.25) is 4.79 Å². The average molecular weight is 399 g/mol. The number of fused-ring (bicyclic) bond motifs is 1. The van der Waals surface area contributed by atoms with Gasteiger partial charge in [-0.25, -0.2) is 0 Å². The maximum absolute atomic E-state index is 13.1. The van der Waals surface area contributed by atoms with Gasteiger partial charge in [0.1, 0.15) is 5.75 Å². The summed E-state index contributed by atoms with van der Waals surface area (Å²) < 4.78 is 5.75. The first-order valence-electron chi connectivity index (χ1n) is 10.1. The molecule has 0 saturated heterocycles. The third kappa shape index (κ3) is 4.08. The number of ether oxygens (including phenoxy) is 1. The second kappa shape index (κ2) is 8.46. The molecule has 152 valence electrons. The van der Waals surface area contributed by atoms with Crippen molar-refractivity contribution >= 4 is 16.8 Å². The predicted molar refractivity (Wildman–Crippen MR) is 121 cm³/mol. The third-order valence-electron chi connectivity index (χ3n) is 5.47. The number of hydrogen-bond acceptors (Lipinski definition) is 2. The second-order valence-corrected chi connectivity index (χ2v) is 7.71. The van der Waals surface area contributed by atoms with Crippen molar-refractivity contribution in [2.24, 2.45) is 0 Å². The summed E-state index contributed by atoms with van der Waals surface area (Å²) in [6.07, 6.45) is 2.00. The molecule has 4 rings (SSSR count). The molecule has 0 aliphatic heterocycles. The molecule has 1 amide bonds. The monoisotopic (exact) mass is 398 g/mol. The molecule has 0 unspecified atom stereocenters. The minimum absolute atomic E-state index is 0.00965. The fourth-order valence-electron chi connectivity index (χ4n) is 3.71. The largest absolute Gasteiger partial charge is 0.484 e. The smallest absolute Gasteiger partial charge is 0.261 e. The number of nitrogens with zero attached hydrogens (tertiary/aromatic N) is 1. The number of para-hydroxylation sites is 1. The first-order valence-corrected chi connectivity index (χ1v) is 10.1. The molecule has 0 saturated carbocycles. The van der Waals surface area contributed by atoms with Gasteiger partial charge in [-0.05, 0) is 37.6 Å². The van der Waals surface area contributed by atoms with Gasteiger partial charge in [-0.2, -0.15) is 0 Å². The number of H-pyrrole nitrogens is 1. The zero-order chi connectivity index (χ0) is 21.1. The maximum Gasteiger partial charge on any atom is 0.261 e. The molecule has 1 N–H and O–H groups in total. The van der Waals surface area contributed by atoms with Crippen LogP contribution in [0.1, 0.15) is 28.3 Å². The van der Waals surface area contributed by atoms with Crippen molar-refractivity contribution < 1.29 is 9.53 Å². The first kappa shape index (κ1) is 19.8. The van der Waals surface area contributed by atoms with Gasteiger partial charge >= 0.3 is 0 Å². The minimum Gasteiger partial charge on any atom is -0.484 e. The number of hydrogen-bond donors (Lipinski definition) is 1. The zero-order valence-electron chi connectivity index (χ0n) is 17.6. The van der Waals surface area contributed by atoms with Crippen molar-refractivity contribution in [1.29, 1.82) is 0 Å². The van der Waals surface area contributed by atoms with Crippen LogP contribution in [0.25, 0.3) is 10.9 Å². The highest BCUT2D eigenvalue weighted by atomic mass is 16.5. The molecule has 0 radical (unpaired) electrons. The van der Waals surface area contributed by atoms with E-state index in [1.807, 2.05) is 62.6 Å². The lowest BCUT2D eigenvalue weighted by molar-refractivity contribution is -0.133. The summed E-state index contributed by atoms with van der Waals surface area (Å²) in [6, 6.07) is 24.0. The Labute approximate surface area is 177 Å². The molecule has 0 aliphatic rings. The Morgan fingerprint density at radius 1 is 0.933 bits per heavy atom. The highest BCUT2D eigenvalue weighted by Gasteiger charge is 2.26. The van der Waals surface area contributed by atoms with E-state index in [0.29, 0.717) is 5.75 Å². The van der Waals surface area contributed by atoms with Crippen molar-refractivity contribution in [3.8, 4) is 5.75 Å². The molecular weight excluding hydrogens is 372 g/mol. The lowest BCUT2D eigenvalue weighted by Gasteiger charge is -2.29. The number of likely N-dealkylation sites (N-methyl/N-ethyl adjacent to an activating group) is 1. The number of aryl methyl sites for hydroxylation is 2. The summed E-state index contributed by atoms with van der Waals surface area (Å²) >= 11 is 0. The van der Waals surface area contributed by atoms with Crippen LogP contribution in [-0.4, -0.2) is 29.4 Å². The number of rotatable bonds is 6. The van der Waals surface area contributed by atoms with Gasteiger partial charge in [0.05, 0.1) is 6.04 Å². The van der Waals surface area contributed by atoms with E-state index in [0.717, 1.165) is 27.6 Å². The number of benzene rings is 3. The van der Waals surface area contributed by atoms with Gasteiger partial charge in [-0.15, -0.1) is 0 Å². The fourth-order valence-corrected chi connectivity index (χ4v) is 3.71. The molecular formula is C26H26N2O2. The normalized spacial score (nSPS) is 12.0. The van der Waals surface area contributed by atoms with Crippen molar-refractivity contribution in [2.75, 3.05) is 13.7 Å². The van der Waals surface area contributed by atoms with Crippen molar-refractivity contribution in [3.63, 3.8) is 0 Å². The SMILES string of the molecule is Cc1ccc(OCC(=O)N(C)[C@H](c2ccc(C)cc2)c2c[nH]c3ccccc23)cc1. The van der Waals surface area contributed by atoms with E-state index in [9.17, 15) is 4.79 Å². The van der Waals surface area contributed by atoms with Crippen LogP contribution >= 0.6 is 0 Å². The quantitative estimate of drug-likeness (QED) is 0.472. The van der Waals surface area contributed by atoms with Gasteiger partial charge in [0.25, 0.3) is 5.91 Å². The van der Waals surface area contributed by atoms with E-state index >= 15 is 0 Å². The summed E-state index contributed by atoms with van der Waals surface area (Å²) in [5.74, 6) is 0.618. The first-order chi connectivity index (χ1) is 14.5. The minimum atomic E-state index is -0.212. The number of amides is 1. The number of aromatic nitrogens is 1. The van der Waals surface area contributed by atoms with Crippen LogP contribution in [-0.2, 0) is 4.79 Å². The molecule has 30 heavy (non-hydrogen) atoms. The van der Waals surface area contributed by atoms with E-state index in [4.69, 9.17) is 4.74 Å². The Balaban J connectivity index is 1.63. The van der Waals surface area contributed by atoms with Crippen molar-refractivity contribution in [3.05, 3.63) is 101 Å². The van der Waals surface area contributed by atoms with Crippen LogP contribution in [0.3, 0.4) is 0 Å². The lowest BCUT2D eigenvalue weighted by Crippen LogP contribution is -2.35. The maximum atomic E-state index is 13.1. The average Bonchev–Trinajstić information content (AvgIpc) is 3.18. The summed E-state index contributed by atoms with van der Waals surface area (Å²) in [7, 11) is 1.84. The molecule has 4 aromatic rings. The van der Waals surface area contributed by atoms with Gasteiger partial charge in [0.15, 0.2) is 6.61 Å². The molecule has 0 spiro atoms. The number of nitrogens with one attached hydrogen (secondary N) is 1. The number of carbonyl (C=O) groups excluding carboxylic acids is 1. The van der Waals surface area contributed by atoms with E-state index in [1.165, 1.54) is 5.56 Å². The highest BCUT2D eigenvalue weighted by Crippen LogP contribution is 2.33. The lowest BCUT2D eigenvalue weighted by atomic mass is 9.96. The van der Waals surface area contributed by atoms with Crippen molar-refractivity contribution in [2.45, 2.75) is 19.9 Å². The third-order valence-corrected chi connectivity index (χ3v) is 5.47. The Morgan fingerprint density at radius 2 is 1.57 bits per heavy atom. The van der Waals surface area contributed by atoms with Crippen LogP contribution in [0.2, 0.25) is 0 Å². The Morgan fingerprint density at radius 3 is 2.27 bits per heavy atom. The van der Waals surface area contributed by atoms with E-state index < -0.39 is 0 Å². The zero-order valence-corrected chi connectivity index (χ0v) is 17.6. The summed E-state index contributed by atoms with van der Waals surface area (Å²) in [6.45, 7) is 4.08. The van der Waals surface area contributed by atoms with Gasteiger partial charge in [-0.1, -0.05) is 65.7 Å². The molecule has 0 bridgehead atoms. The Hall–Kier alpha value is -3.53. The molecule has 1 atom stereocenters. The number of carbonyl (C=O) groups is 1. The van der Waals surface area contributed by atoms with Gasteiger partial charge < -0.3 is 14.6 Å². The van der Waals surface area contributed by atoms with E-state index in [-0.39, 0.29) is 18.6 Å². The molecule has 4 nitrogen and oxygen atoms in total. The summed E-state index contributed by atoms with van der Waals surface area (Å²) in [5.41, 5.74) is 5.54. The van der Waals surface area contributed by atoms with Crippen LogP contribution in [0, 0.1) is 13.8 Å². The van der Waals surface area contributed by atoms with Crippen LogP contribution in [0.15, 0.2) is 79.0 Å². The molecule has 1 heterocycles. The topological polar surface area (TPSA) is 45.3 Å². The number of aromatic amines is 1. The van der Waals surface area contributed by atoms with Gasteiger partial charge in [0.2, 0.25) is 0 Å². The predicted octanol–water partition coefficient (Wildman–Crippen LogP) is 5.41. The second-order valence-electron chi connectivity index (χ2n) is 7.71. The van der Waals surface area contributed by atoms with Crippen LogP contribution in [0.5, 0.6) is 5.75 Å². The van der Waals surface area contributed by atoms with E-state index in [1.54, 1.807) is 4.90 Å².